The van der Waals surface area contributed by atoms with Gasteiger partial charge in [-0.3, -0.25) is 0 Å². The summed E-state index contributed by atoms with van der Waals surface area (Å²) in [6, 6.07) is 8.24. The molecule has 2 N–H and O–H groups in total. The van der Waals surface area contributed by atoms with Crippen LogP contribution in [0.5, 0.6) is 0 Å². The van der Waals surface area contributed by atoms with Crippen LogP contribution in [0.4, 0.5) is 4.79 Å². The minimum Gasteiger partial charge on any atom is -0.337 e. The molecule has 23 heavy (non-hydrogen) atoms. The number of nitrogens with zero attached hydrogens (tertiary/aromatic N) is 4. The number of hydrogen-bond donors (Lipinski definition) is 2. The van der Waals surface area contributed by atoms with Gasteiger partial charge in [-0.2, -0.15) is 5.10 Å². The van der Waals surface area contributed by atoms with Gasteiger partial charge in [0.05, 0.1) is 6.54 Å². The van der Waals surface area contributed by atoms with E-state index in [2.05, 4.69) is 32.5 Å². The second-order valence-electron chi connectivity index (χ2n) is 5.79. The van der Waals surface area contributed by atoms with Gasteiger partial charge in [0.2, 0.25) is 0 Å². The molecule has 1 atom stereocenters. The van der Waals surface area contributed by atoms with Crippen LogP contribution < -0.4 is 10.6 Å². The maximum Gasteiger partial charge on any atom is 0.315 e. The van der Waals surface area contributed by atoms with Gasteiger partial charge in [0, 0.05) is 19.1 Å². The highest BCUT2D eigenvalue weighted by molar-refractivity contribution is 5.73. The van der Waals surface area contributed by atoms with Crippen molar-refractivity contribution >= 4 is 6.03 Å². The largest absolute Gasteiger partial charge is 0.337 e. The summed E-state index contributed by atoms with van der Waals surface area (Å²) in [6.07, 6.45) is 3.21. The normalized spacial score (nSPS) is 12.2. The summed E-state index contributed by atoms with van der Waals surface area (Å²) in [6.45, 7) is 3.88. The third-order valence-corrected chi connectivity index (χ3v) is 3.73. The molecule has 0 fully saturated rings. The quantitative estimate of drug-likeness (QED) is 0.801. The third-order valence-electron chi connectivity index (χ3n) is 3.73. The van der Waals surface area contributed by atoms with E-state index in [1.807, 2.05) is 38.4 Å². The van der Waals surface area contributed by atoms with E-state index in [-0.39, 0.29) is 6.03 Å². The molecule has 0 aliphatic heterocycles. The summed E-state index contributed by atoms with van der Waals surface area (Å²) in [5.74, 6) is 0. The molecule has 0 spiro atoms. The third kappa shape index (κ3) is 5.71. The number of hydrogen-bond acceptors (Lipinski definition) is 4. The number of likely N-dealkylation sites (N-methyl/N-ethyl adjacent to an activating group) is 1. The Morgan fingerprint density at radius 1 is 1.22 bits per heavy atom. The molecular weight excluding hydrogens is 292 g/mol. The Kier molecular flexibility index (Phi) is 6.10. The van der Waals surface area contributed by atoms with Crippen LogP contribution in [0.3, 0.4) is 0 Å². The lowest BCUT2D eigenvalue weighted by molar-refractivity contribution is 0.234. The van der Waals surface area contributed by atoms with Crippen LogP contribution in [0.1, 0.15) is 18.1 Å². The highest BCUT2D eigenvalue weighted by Gasteiger charge is 2.06. The predicted octanol–water partition coefficient (Wildman–Crippen LogP) is 1.08. The molecule has 0 aliphatic rings. The molecule has 1 unspecified atom stereocenters. The lowest BCUT2D eigenvalue weighted by Crippen LogP contribution is -2.42. The number of carbonyl (C=O) groups excluding carboxylic acids is 1. The number of urea groups is 1. The summed E-state index contributed by atoms with van der Waals surface area (Å²) in [7, 11) is 3.98. The zero-order valence-electron chi connectivity index (χ0n) is 13.9. The molecule has 1 aromatic carbocycles. The highest BCUT2D eigenvalue weighted by Crippen LogP contribution is 2.05. The first-order valence-corrected chi connectivity index (χ1v) is 7.63. The first-order valence-electron chi connectivity index (χ1n) is 7.63. The molecule has 124 valence electrons. The molecule has 0 radical (unpaired) electrons. The summed E-state index contributed by atoms with van der Waals surface area (Å²) >= 11 is 0. The van der Waals surface area contributed by atoms with Gasteiger partial charge in [0.25, 0.3) is 0 Å². The molecule has 0 saturated carbocycles. The standard InChI is InChI=1S/C16H24N6O/c1-13(21(2)3)8-18-16(23)19-9-14-4-6-15(7-5-14)10-22-12-17-11-20-22/h4-7,11-13H,8-10H2,1-3H3,(H2,18,19,23). The maximum atomic E-state index is 11.8. The van der Waals surface area contributed by atoms with E-state index >= 15 is 0 Å². The molecule has 0 aliphatic carbocycles. The van der Waals surface area contributed by atoms with Gasteiger partial charge in [-0.1, -0.05) is 24.3 Å². The number of rotatable bonds is 7. The minimum atomic E-state index is -0.148. The Morgan fingerprint density at radius 2 is 1.91 bits per heavy atom. The highest BCUT2D eigenvalue weighted by atomic mass is 16.2. The number of amides is 2. The SMILES string of the molecule is CC(CNC(=O)NCc1ccc(Cn2cncn2)cc1)N(C)C. The van der Waals surface area contributed by atoms with E-state index in [1.54, 1.807) is 11.0 Å². The van der Waals surface area contributed by atoms with Gasteiger partial charge in [0.1, 0.15) is 12.7 Å². The predicted molar refractivity (Wildman–Crippen MR) is 89.0 cm³/mol. The molecule has 7 heteroatoms. The van der Waals surface area contributed by atoms with Crippen molar-refractivity contribution in [2.75, 3.05) is 20.6 Å². The zero-order chi connectivity index (χ0) is 16.7. The Morgan fingerprint density at radius 3 is 2.52 bits per heavy atom. The van der Waals surface area contributed by atoms with E-state index in [9.17, 15) is 4.79 Å². The molecule has 2 amide bonds. The van der Waals surface area contributed by atoms with Gasteiger partial charge in [-0.05, 0) is 32.1 Å². The summed E-state index contributed by atoms with van der Waals surface area (Å²) < 4.78 is 1.77. The fraction of sp³-hybridized carbons (Fsp3) is 0.438. The van der Waals surface area contributed by atoms with E-state index in [0.29, 0.717) is 25.7 Å². The second-order valence-corrected chi connectivity index (χ2v) is 5.79. The molecular formula is C16H24N6O. The maximum absolute atomic E-state index is 11.8. The topological polar surface area (TPSA) is 75.1 Å². The fourth-order valence-corrected chi connectivity index (χ4v) is 1.93. The van der Waals surface area contributed by atoms with Crippen molar-refractivity contribution in [2.24, 2.45) is 0 Å². The number of nitrogens with one attached hydrogen (secondary N) is 2. The number of aromatic nitrogens is 3. The first-order chi connectivity index (χ1) is 11.0. The summed E-state index contributed by atoms with van der Waals surface area (Å²) in [5.41, 5.74) is 2.20. The molecule has 1 heterocycles. The van der Waals surface area contributed by atoms with Crippen molar-refractivity contribution in [1.82, 2.24) is 30.3 Å². The minimum absolute atomic E-state index is 0.148. The van der Waals surface area contributed by atoms with Crippen molar-refractivity contribution < 1.29 is 4.79 Å². The van der Waals surface area contributed by atoms with Crippen molar-refractivity contribution in [3.63, 3.8) is 0 Å². The molecule has 1 aromatic heterocycles. The van der Waals surface area contributed by atoms with Gasteiger partial charge >= 0.3 is 6.03 Å². The van der Waals surface area contributed by atoms with Gasteiger partial charge in [-0.15, -0.1) is 0 Å². The van der Waals surface area contributed by atoms with E-state index in [0.717, 1.165) is 11.1 Å². The fourth-order valence-electron chi connectivity index (χ4n) is 1.93. The monoisotopic (exact) mass is 316 g/mol. The first kappa shape index (κ1) is 17.0. The smallest absolute Gasteiger partial charge is 0.315 e. The lowest BCUT2D eigenvalue weighted by atomic mass is 10.1. The molecule has 0 saturated heterocycles. The van der Waals surface area contributed by atoms with Crippen LogP contribution in [-0.4, -0.2) is 52.4 Å². The Balaban J connectivity index is 1.74. The van der Waals surface area contributed by atoms with Gasteiger partial charge in [0.15, 0.2) is 0 Å². The average Bonchev–Trinajstić information content (AvgIpc) is 3.04. The van der Waals surface area contributed by atoms with Crippen LogP contribution in [-0.2, 0) is 13.1 Å². The Hall–Kier alpha value is -2.41. The van der Waals surface area contributed by atoms with Crippen LogP contribution in [0.2, 0.25) is 0 Å². The van der Waals surface area contributed by atoms with Crippen molar-refractivity contribution in [1.29, 1.82) is 0 Å². The second kappa shape index (κ2) is 8.28. The average molecular weight is 316 g/mol. The molecule has 0 bridgehead atoms. The summed E-state index contributed by atoms with van der Waals surface area (Å²) in [4.78, 5) is 17.7. The molecule has 2 rings (SSSR count). The van der Waals surface area contributed by atoms with Crippen LogP contribution in [0.15, 0.2) is 36.9 Å². The van der Waals surface area contributed by atoms with Crippen molar-refractivity contribution in [2.45, 2.75) is 26.1 Å². The number of benzene rings is 1. The number of carbonyl (C=O) groups is 1. The lowest BCUT2D eigenvalue weighted by Gasteiger charge is -2.20. The van der Waals surface area contributed by atoms with Gasteiger partial charge < -0.3 is 15.5 Å². The van der Waals surface area contributed by atoms with E-state index in [1.165, 1.54) is 6.33 Å². The zero-order valence-corrected chi connectivity index (χ0v) is 13.9. The van der Waals surface area contributed by atoms with Crippen LogP contribution >= 0.6 is 0 Å². The van der Waals surface area contributed by atoms with Crippen LogP contribution in [0.25, 0.3) is 0 Å². The Labute approximate surface area is 136 Å². The van der Waals surface area contributed by atoms with Gasteiger partial charge in [-0.25, -0.2) is 14.5 Å². The van der Waals surface area contributed by atoms with E-state index < -0.39 is 0 Å². The van der Waals surface area contributed by atoms with Crippen LogP contribution in [0, 0.1) is 0 Å². The molecule has 7 nitrogen and oxygen atoms in total. The van der Waals surface area contributed by atoms with E-state index in [4.69, 9.17) is 0 Å². The summed E-state index contributed by atoms with van der Waals surface area (Å²) in [5, 5.41) is 9.80. The Bertz CT molecular complexity index is 594. The van der Waals surface area contributed by atoms with Crippen molar-refractivity contribution in [3.8, 4) is 0 Å². The molecule has 2 aromatic rings. The van der Waals surface area contributed by atoms with Crippen molar-refractivity contribution in [3.05, 3.63) is 48.0 Å².